The molecule has 106 valence electrons. The molecule has 1 N–H and O–H groups in total. The molecule has 0 radical (unpaired) electrons. The van der Waals surface area contributed by atoms with Crippen LogP contribution in [0, 0.1) is 0 Å². The van der Waals surface area contributed by atoms with Crippen molar-refractivity contribution >= 4 is 15.9 Å². The van der Waals surface area contributed by atoms with Gasteiger partial charge in [0.2, 0.25) is 5.88 Å². The normalized spacial score (nSPS) is 12.2. The predicted molar refractivity (Wildman–Crippen MR) is 84.9 cm³/mol. The topological polar surface area (TPSA) is 34.1 Å². The summed E-state index contributed by atoms with van der Waals surface area (Å²) in [7, 11) is 1.63. The Labute approximate surface area is 128 Å². The summed E-state index contributed by atoms with van der Waals surface area (Å²) >= 11 is 3.45. The largest absolute Gasteiger partial charge is 0.481 e. The van der Waals surface area contributed by atoms with Gasteiger partial charge < -0.3 is 10.1 Å². The first-order chi connectivity index (χ1) is 9.67. The molecule has 1 atom stereocenters. The maximum atomic E-state index is 5.13. The highest BCUT2D eigenvalue weighted by Gasteiger charge is 2.04. The van der Waals surface area contributed by atoms with Crippen molar-refractivity contribution in [3.05, 3.63) is 58.2 Å². The molecule has 0 aliphatic rings. The van der Waals surface area contributed by atoms with E-state index in [2.05, 4.69) is 57.4 Å². The van der Waals surface area contributed by atoms with Crippen LogP contribution in [0.5, 0.6) is 5.88 Å². The Morgan fingerprint density at radius 3 is 2.65 bits per heavy atom. The fourth-order valence-corrected chi connectivity index (χ4v) is 2.26. The standard InChI is InChI=1S/C16H19BrN2O/c1-12(10-13-6-8-14(17)9-7-13)18-11-15-4-3-5-16(19-15)20-2/h3-9,12,18H,10-11H2,1-2H3. The molecular formula is C16H19BrN2O. The molecule has 1 unspecified atom stereocenters. The summed E-state index contributed by atoms with van der Waals surface area (Å²) in [4.78, 5) is 4.39. The van der Waals surface area contributed by atoms with Crippen LogP contribution in [0.4, 0.5) is 0 Å². The minimum atomic E-state index is 0.393. The van der Waals surface area contributed by atoms with Gasteiger partial charge in [0, 0.05) is 23.1 Å². The van der Waals surface area contributed by atoms with Crippen LogP contribution in [0.15, 0.2) is 46.9 Å². The smallest absolute Gasteiger partial charge is 0.213 e. The maximum absolute atomic E-state index is 5.13. The van der Waals surface area contributed by atoms with Crippen molar-refractivity contribution in [3.63, 3.8) is 0 Å². The first-order valence-corrected chi connectivity index (χ1v) is 7.44. The molecule has 0 aliphatic carbocycles. The van der Waals surface area contributed by atoms with Crippen molar-refractivity contribution < 1.29 is 4.74 Å². The second-order valence-electron chi connectivity index (χ2n) is 4.78. The number of rotatable bonds is 6. The molecule has 0 fully saturated rings. The minimum absolute atomic E-state index is 0.393. The van der Waals surface area contributed by atoms with Gasteiger partial charge in [-0.1, -0.05) is 34.1 Å². The van der Waals surface area contributed by atoms with E-state index in [-0.39, 0.29) is 0 Å². The van der Waals surface area contributed by atoms with Gasteiger partial charge in [-0.2, -0.15) is 0 Å². The number of halogens is 1. The third-order valence-corrected chi connectivity index (χ3v) is 3.61. The Morgan fingerprint density at radius 1 is 1.20 bits per heavy atom. The number of ether oxygens (including phenoxy) is 1. The lowest BCUT2D eigenvalue weighted by Gasteiger charge is -2.14. The number of hydrogen-bond donors (Lipinski definition) is 1. The monoisotopic (exact) mass is 334 g/mol. The van der Waals surface area contributed by atoms with Crippen LogP contribution in [0.3, 0.4) is 0 Å². The molecule has 2 rings (SSSR count). The van der Waals surface area contributed by atoms with Crippen molar-refractivity contribution in [3.8, 4) is 5.88 Å². The molecule has 4 heteroatoms. The Balaban J connectivity index is 1.85. The van der Waals surface area contributed by atoms with E-state index in [1.165, 1.54) is 5.56 Å². The van der Waals surface area contributed by atoms with E-state index in [1.54, 1.807) is 7.11 Å². The third-order valence-electron chi connectivity index (χ3n) is 3.08. The van der Waals surface area contributed by atoms with Crippen molar-refractivity contribution in [2.24, 2.45) is 0 Å². The number of methoxy groups -OCH3 is 1. The van der Waals surface area contributed by atoms with Crippen molar-refractivity contribution in [1.82, 2.24) is 10.3 Å². The SMILES string of the molecule is COc1cccc(CNC(C)Cc2ccc(Br)cc2)n1. The summed E-state index contributed by atoms with van der Waals surface area (Å²) in [5, 5.41) is 3.48. The van der Waals surface area contributed by atoms with Crippen molar-refractivity contribution in [2.45, 2.75) is 25.9 Å². The van der Waals surface area contributed by atoms with Crippen LogP contribution < -0.4 is 10.1 Å². The number of benzene rings is 1. The highest BCUT2D eigenvalue weighted by Crippen LogP contribution is 2.12. The summed E-state index contributed by atoms with van der Waals surface area (Å²) in [5.74, 6) is 0.657. The fourth-order valence-electron chi connectivity index (χ4n) is 1.99. The lowest BCUT2D eigenvalue weighted by Crippen LogP contribution is -2.27. The molecule has 1 heterocycles. The van der Waals surface area contributed by atoms with Gasteiger partial charge in [-0.15, -0.1) is 0 Å². The molecule has 3 nitrogen and oxygen atoms in total. The molecule has 1 aromatic heterocycles. The van der Waals surface area contributed by atoms with Gasteiger partial charge in [0.15, 0.2) is 0 Å². The molecule has 0 bridgehead atoms. The lowest BCUT2D eigenvalue weighted by atomic mass is 10.1. The highest BCUT2D eigenvalue weighted by molar-refractivity contribution is 9.10. The average Bonchev–Trinajstić information content (AvgIpc) is 2.48. The summed E-state index contributed by atoms with van der Waals surface area (Å²) in [6.45, 7) is 2.93. The van der Waals surface area contributed by atoms with Gasteiger partial charge >= 0.3 is 0 Å². The Hall–Kier alpha value is -1.39. The molecule has 0 spiro atoms. The van der Waals surface area contributed by atoms with Crippen LogP contribution >= 0.6 is 15.9 Å². The van der Waals surface area contributed by atoms with Gasteiger partial charge in [-0.3, -0.25) is 0 Å². The Morgan fingerprint density at radius 2 is 1.95 bits per heavy atom. The quantitative estimate of drug-likeness (QED) is 0.876. The summed E-state index contributed by atoms with van der Waals surface area (Å²) in [6.07, 6.45) is 0.997. The van der Waals surface area contributed by atoms with E-state index in [4.69, 9.17) is 4.74 Å². The van der Waals surface area contributed by atoms with E-state index in [1.807, 2.05) is 18.2 Å². The van der Waals surface area contributed by atoms with E-state index in [9.17, 15) is 0 Å². The number of hydrogen-bond acceptors (Lipinski definition) is 3. The number of pyridine rings is 1. The highest BCUT2D eigenvalue weighted by atomic mass is 79.9. The van der Waals surface area contributed by atoms with Crippen molar-refractivity contribution in [2.75, 3.05) is 7.11 Å². The predicted octanol–water partition coefficient (Wildman–Crippen LogP) is 3.57. The van der Waals surface area contributed by atoms with Crippen LogP contribution in [-0.2, 0) is 13.0 Å². The molecule has 0 saturated carbocycles. The van der Waals surface area contributed by atoms with Gasteiger partial charge in [-0.05, 0) is 37.1 Å². The molecule has 0 saturated heterocycles. The zero-order valence-electron chi connectivity index (χ0n) is 11.8. The Bertz CT molecular complexity index is 542. The minimum Gasteiger partial charge on any atom is -0.481 e. The zero-order chi connectivity index (χ0) is 14.4. The van der Waals surface area contributed by atoms with Crippen LogP contribution in [0.25, 0.3) is 0 Å². The first-order valence-electron chi connectivity index (χ1n) is 6.65. The third kappa shape index (κ3) is 4.62. The maximum Gasteiger partial charge on any atom is 0.213 e. The molecule has 0 amide bonds. The molecular weight excluding hydrogens is 316 g/mol. The molecule has 20 heavy (non-hydrogen) atoms. The zero-order valence-corrected chi connectivity index (χ0v) is 13.4. The van der Waals surface area contributed by atoms with Gasteiger partial charge in [0.25, 0.3) is 0 Å². The van der Waals surface area contributed by atoms with Crippen LogP contribution in [0.1, 0.15) is 18.2 Å². The summed E-state index contributed by atoms with van der Waals surface area (Å²) in [6, 6.07) is 14.7. The first kappa shape index (κ1) is 15.0. The average molecular weight is 335 g/mol. The lowest BCUT2D eigenvalue weighted by molar-refractivity contribution is 0.395. The number of nitrogens with one attached hydrogen (secondary N) is 1. The Kier molecular flexibility index (Phi) is 5.56. The van der Waals surface area contributed by atoms with Crippen LogP contribution in [0.2, 0.25) is 0 Å². The molecule has 0 aliphatic heterocycles. The number of nitrogens with zero attached hydrogens (tertiary/aromatic N) is 1. The summed E-state index contributed by atoms with van der Waals surface area (Å²) in [5.41, 5.74) is 2.32. The molecule has 1 aromatic carbocycles. The second kappa shape index (κ2) is 7.41. The molecule has 2 aromatic rings. The fraction of sp³-hybridized carbons (Fsp3) is 0.312. The summed E-state index contributed by atoms with van der Waals surface area (Å²) < 4.78 is 6.24. The second-order valence-corrected chi connectivity index (χ2v) is 5.70. The number of aromatic nitrogens is 1. The van der Waals surface area contributed by atoms with Gasteiger partial charge in [-0.25, -0.2) is 4.98 Å². The van der Waals surface area contributed by atoms with E-state index < -0.39 is 0 Å². The van der Waals surface area contributed by atoms with Crippen LogP contribution in [-0.4, -0.2) is 18.1 Å². The van der Waals surface area contributed by atoms with E-state index in [0.29, 0.717) is 11.9 Å². The van der Waals surface area contributed by atoms with Crippen molar-refractivity contribution in [1.29, 1.82) is 0 Å². The van der Waals surface area contributed by atoms with E-state index >= 15 is 0 Å². The van der Waals surface area contributed by atoms with Gasteiger partial charge in [0.05, 0.1) is 12.8 Å². The van der Waals surface area contributed by atoms with E-state index in [0.717, 1.165) is 23.1 Å². The van der Waals surface area contributed by atoms with Gasteiger partial charge in [0.1, 0.15) is 0 Å².